The molecule has 0 saturated carbocycles. The zero-order valence-electron chi connectivity index (χ0n) is 21.7. The largest absolute Gasteiger partial charge is 1.00 e. The van der Waals surface area contributed by atoms with E-state index >= 15 is 0 Å². The van der Waals surface area contributed by atoms with Gasteiger partial charge in [0, 0.05) is 12.3 Å². The van der Waals surface area contributed by atoms with Crippen LogP contribution in [-0.4, -0.2) is 33.8 Å². The predicted molar refractivity (Wildman–Crippen MR) is 135 cm³/mol. The van der Waals surface area contributed by atoms with Gasteiger partial charge in [0.1, 0.15) is 17.2 Å². The number of hydrogen-bond donors (Lipinski definition) is 5. The molecule has 1 aliphatic carbocycles. The van der Waals surface area contributed by atoms with Gasteiger partial charge in [-0.1, -0.05) is 48.3 Å². The van der Waals surface area contributed by atoms with Crippen molar-refractivity contribution in [2.24, 2.45) is 0 Å². The Labute approximate surface area is 299 Å². The van der Waals surface area contributed by atoms with Crippen LogP contribution >= 0.6 is 25.7 Å². The van der Waals surface area contributed by atoms with Crippen LogP contribution in [0.25, 0.3) is 0 Å². The van der Waals surface area contributed by atoms with Crippen molar-refractivity contribution < 1.29 is 120 Å². The monoisotopic (exact) mass is 591 g/mol. The molecule has 4 rings (SSSR count). The second kappa shape index (κ2) is 19.7. The van der Waals surface area contributed by atoms with E-state index in [0.29, 0.717) is 5.69 Å². The Bertz CT molecular complexity index is 1250. The van der Waals surface area contributed by atoms with Crippen LogP contribution in [0.15, 0.2) is 69.7 Å². The van der Waals surface area contributed by atoms with Crippen LogP contribution in [0.4, 0.5) is 11.4 Å². The van der Waals surface area contributed by atoms with Crippen LogP contribution in [0.1, 0.15) is 8.35 Å². The van der Waals surface area contributed by atoms with E-state index in [1.807, 2.05) is 0 Å². The Morgan fingerprint density at radius 3 is 1.89 bits per heavy atom. The number of hydrogen-bond acceptors (Lipinski definition) is 11. The average Bonchev–Trinajstić information content (AvgIpc) is 2.82. The van der Waals surface area contributed by atoms with E-state index in [4.69, 9.17) is 5.11 Å². The quantitative estimate of drug-likeness (QED) is 0.0848. The maximum absolute atomic E-state index is 12.1. The topological polar surface area (TPSA) is 165 Å². The molecule has 1 aliphatic rings. The van der Waals surface area contributed by atoms with Gasteiger partial charge in [0.25, 0.3) is 0 Å². The Balaban J connectivity index is -0.000000310. The molecule has 0 spiro atoms. The van der Waals surface area contributed by atoms with Crippen molar-refractivity contribution in [1.29, 1.82) is 0 Å². The van der Waals surface area contributed by atoms with Crippen molar-refractivity contribution in [3.8, 4) is 17.2 Å². The molecule has 37 heavy (non-hydrogen) atoms. The number of benzene rings is 2. The van der Waals surface area contributed by atoms with E-state index in [9.17, 15) is 30.0 Å². The fourth-order valence-corrected chi connectivity index (χ4v) is 3.06. The predicted octanol–water partition coefficient (Wildman–Crippen LogP) is -7.42. The molecular weight excluding hydrogens is 569 g/mol. The molecule has 0 heterocycles. The first-order valence-corrected chi connectivity index (χ1v) is 10.3. The third-order valence-electron chi connectivity index (χ3n) is 4.21. The Morgan fingerprint density at radius 2 is 1.49 bits per heavy atom. The van der Waals surface area contributed by atoms with E-state index in [1.165, 1.54) is 18.2 Å². The van der Waals surface area contributed by atoms with Crippen molar-refractivity contribution >= 4 is 55.5 Å². The molecule has 15 heteroatoms. The zero-order valence-corrected chi connectivity index (χ0v) is 29.3. The van der Waals surface area contributed by atoms with Gasteiger partial charge in [-0.3, -0.25) is 9.59 Å². The van der Waals surface area contributed by atoms with Crippen LogP contribution in [0.2, 0.25) is 0 Å². The molecule has 0 aliphatic heterocycles. The molecule has 5 N–H and O–H groups in total. The second-order valence-corrected chi connectivity index (χ2v) is 7.29. The van der Waals surface area contributed by atoms with Gasteiger partial charge in [-0.25, -0.2) is 0 Å². The first-order chi connectivity index (χ1) is 15.6. The Kier molecular flexibility index (Phi) is 21.9. The zero-order chi connectivity index (χ0) is 24.7. The van der Waals surface area contributed by atoms with Crippen molar-refractivity contribution in [3.63, 3.8) is 0 Å². The van der Waals surface area contributed by atoms with Gasteiger partial charge in [0.15, 0.2) is 11.5 Å². The Hall–Kier alpha value is -0.320. The number of phenolic OH excluding ortho intramolecular Hbond substituents is 1. The molecule has 0 radical (unpaired) electrons. The summed E-state index contributed by atoms with van der Waals surface area (Å²) in [6, 6.07) is 11.6. The number of carbonyl (C=O) groups is 1. The number of aromatic hydroxyl groups is 1. The van der Waals surface area contributed by atoms with Crippen molar-refractivity contribution in [1.82, 2.24) is 0 Å². The van der Waals surface area contributed by atoms with Crippen molar-refractivity contribution in [2.75, 3.05) is 17.2 Å². The maximum atomic E-state index is 12.1. The van der Waals surface area contributed by atoms with Crippen molar-refractivity contribution in [2.45, 2.75) is 17.9 Å². The van der Waals surface area contributed by atoms with Gasteiger partial charge < -0.3 is 50.2 Å². The van der Waals surface area contributed by atoms with Gasteiger partial charge >= 0.3 is 88.7 Å². The molecular formula is C22H22N2Na3O7S3-. The Morgan fingerprint density at radius 1 is 1.00 bits per heavy atom. The molecule has 1 atom stereocenters. The van der Waals surface area contributed by atoms with Crippen molar-refractivity contribution in [3.05, 3.63) is 74.7 Å². The number of Topliss-reactive ketones (excluding diaryl/α,β-unsaturated/α-hetero) is 1. The van der Waals surface area contributed by atoms with Gasteiger partial charge in [0.05, 0.1) is 10.2 Å². The normalized spacial score (nSPS) is 12.8. The number of para-hydroxylation sites is 4. The molecule has 184 valence electrons. The third kappa shape index (κ3) is 10.6. The molecule has 0 aromatic heterocycles. The standard InChI is InChI=1S/C16H14N2O4.C4H2O2S2.C2H6O.3Na.H2S.H/c19-11-7-3-1-5-9(11)17-13-15(21)14(16(13)22)18-10-6-2-4-8-12(10)20;5-1-3(7)2(6)4(1)8;1-2-3;;;;;/h1-8,13,17-21H;5,7H;3H,2H2,1H3;;;;1H2;/q;;;3*+1;;-1/p-3. The smallest absolute Gasteiger partial charge is 1.00 e. The fraction of sp³-hybridized carbons (Fsp3) is 0.136. The number of ketones is 1. The number of phenols is 1. The minimum atomic E-state index is -0.936. The van der Waals surface area contributed by atoms with Crippen LogP contribution in [-0.2, 0) is 17.4 Å². The van der Waals surface area contributed by atoms with Crippen LogP contribution in [0.3, 0.4) is 0 Å². The SMILES string of the molecule is CCO.O=C1C(Nc2ccccc2[O-])=C(O)C1Nc1ccccc1O.O=c1c([S-])c([O-])c1=S.S.[H-].[Na+].[Na+].[Na+]. The summed E-state index contributed by atoms with van der Waals surface area (Å²) < 4.78 is -0.144. The molecule has 0 fully saturated rings. The molecule has 0 saturated heterocycles. The number of rotatable bonds is 4. The minimum Gasteiger partial charge on any atom is -1.00 e. The van der Waals surface area contributed by atoms with E-state index in [0.717, 1.165) is 0 Å². The summed E-state index contributed by atoms with van der Waals surface area (Å²) in [4.78, 5) is 22.2. The van der Waals surface area contributed by atoms with Crippen LogP contribution in [0, 0.1) is 4.51 Å². The summed E-state index contributed by atoms with van der Waals surface area (Å²) in [5.74, 6) is -1.32. The average molecular weight is 592 g/mol. The first-order valence-electron chi connectivity index (χ1n) is 9.47. The van der Waals surface area contributed by atoms with Gasteiger partial charge in [-0.05, 0) is 25.1 Å². The summed E-state index contributed by atoms with van der Waals surface area (Å²) in [6.45, 7) is 1.93. The number of aliphatic hydroxyl groups is 2. The molecule has 0 amide bonds. The van der Waals surface area contributed by atoms with E-state index in [1.54, 1.807) is 37.3 Å². The summed E-state index contributed by atoms with van der Waals surface area (Å²) in [6.07, 6.45) is 0. The maximum Gasteiger partial charge on any atom is 1.00 e. The summed E-state index contributed by atoms with van der Waals surface area (Å²) >= 11 is 8.64. The van der Waals surface area contributed by atoms with E-state index < -0.39 is 17.2 Å². The van der Waals surface area contributed by atoms with Crippen LogP contribution in [0.5, 0.6) is 17.2 Å². The molecule has 3 aromatic rings. The number of aliphatic hydroxyl groups excluding tert-OH is 2. The number of anilines is 2. The first kappa shape index (κ1) is 41.2. The third-order valence-corrected chi connectivity index (χ3v) is 4.96. The number of carbonyl (C=O) groups excluding carboxylic acids is 1. The fourth-order valence-electron chi connectivity index (χ4n) is 2.53. The molecule has 1 unspecified atom stereocenters. The van der Waals surface area contributed by atoms with Gasteiger partial charge in [-0.15, -0.1) is 10.6 Å². The minimum absolute atomic E-state index is 0. The van der Waals surface area contributed by atoms with Gasteiger partial charge in [-0.2, -0.15) is 13.5 Å². The van der Waals surface area contributed by atoms with E-state index in [2.05, 4.69) is 35.5 Å². The molecule has 3 aromatic carbocycles. The molecule has 9 nitrogen and oxygen atoms in total. The van der Waals surface area contributed by atoms with Gasteiger partial charge in [0.2, 0.25) is 5.78 Å². The van der Waals surface area contributed by atoms with Crippen LogP contribution < -0.4 is 115 Å². The summed E-state index contributed by atoms with van der Waals surface area (Å²) in [5, 5.41) is 54.5. The summed E-state index contributed by atoms with van der Waals surface area (Å²) in [7, 11) is 0. The summed E-state index contributed by atoms with van der Waals surface area (Å²) in [5.41, 5.74) is 0.102. The van der Waals surface area contributed by atoms with E-state index in [-0.39, 0.29) is 154 Å². The second-order valence-electron chi connectivity index (χ2n) is 6.47. The number of nitrogens with one attached hydrogen (secondary N) is 2. The molecule has 0 bridgehead atoms.